The maximum atomic E-state index is 13.5. The minimum Gasteiger partial charge on any atom is -0.497 e. The van der Waals surface area contributed by atoms with Crippen molar-refractivity contribution in [1.82, 2.24) is 10.2 Å². The fourth-order valence-corrected chi connectivity index (χ4v) is 5.07. The van der Waals surface area contributed by atoms with Crippen molar-refractivity contribution in [3.05, 3.63) is 59.7 Å². The van der Waals surface area contributed by atoms with Crippen molar-refractivity contribution in [1.29, 1.82) is 0 Å². The second kappa shape index (κ2) is 14.4. The summed E-state index contributed by atoms with van der Waals surface area (Å²) in [6.45, 7) is 6.09. The molecule has 2 aromatic rings. The summed E-state index contributed by atoms with van der Waals surface area (Å²) in [6, 6.07) is 10.4. The topological polar surface area (TPSA) is 96.0 Å². The van der Waals surface area contributed by atoms with Gasteiger partial charge in [0.1, 0.15) is 11.8 Å². The van der Waals surface area contributed by atoms with E-state index in [1.165, 1.54) is 18.1 Å². The molecule has 1 atom stereocenters. The number of carbonyl (C=O) groups is 2. The van der Waals surface area contributed by atoms with Crippen LogP contribution < -0.4 is 14.4 Å². The van der Waals surface area contributed by atoms with E-state index < -0.39 is 27.8 Å². The summed E-state index contributed by atoms with van der Waals surface area (Å²) in [4.78, 5) is 28.0. The minimum atomic E-state index is -4.64. The van der Waals surface area contributed by atoms with Crippen LogP contribution in [0, 0.1) is 5.92 Å². The first-order valence-corrected chi connectivity index (χ1v) is 14.9. The molecule has 0 aliphatic carbocycles. The van der Waals surface area contributed by atoms with Crippen molar-refractivity contribution >= 4 is 27.5 Å². The van der Waals surface area contributed by atoms with Crippen LogP contribution >= 0.6 is 0 Å². The van der Waals surface area contributed by atoms with Crippen LogP contribution in [0.5, 0.6) is 5.75 Å². The Morgan fingerprint density at radius 1 is 1.07 bits per heavy atom. The zero-order valence-electron chi connectivity index (χ0n) is 23.5. The molecule has 0 fully saturated rings. The number of benzene rings is 2. The molecule has 0 bridgehead atoms. The molecular formula is C28H38F3N3O5S. The van der Waals surface area contributed by atoms with E-state index in [1.54, 1.807) is 31.2 Å². The molecule has 0 radical (unpaired) electrons. The number of methoxy groups -OCH3 is 1. The van der Waals surface area contributed by atoms with Crippen molar-refractivity contribution in [2.24, 2.45) is 5.92 Å². The summed E-state index contributed by atoms with van der Waals surface area (Å²) in [5.41, 5.74) is -0.344. The van der Waals surface area contributed by atoms with Gasteiger partial charge in [-0.15, -0.1) is 0 Å². The molecule has 0 aromatic heterocycles. The third-order valence-corrected chi connectivity index (χ3v) is 7.39. The Hall–Kier alpha value is -3.28. The van der Waals surface area contributed by atoms with Gasteiger partial charge in [-0.25, -0.2) is 8.42 Å². The van der Waals surface area contributed by atoms with Crippen LogP contribution in [0.25, 0.3) is 0 Å². The number of halogens is 3. The van der Waals surface area contributed by atoms with Crippen molar-refractivity contribution in [2.75, 3.05) is 30.8 Å². The van der Waals surface area contributed by atoms with Gasteiger partial charge in [0.05, 0.1) is 24.6 Å². The van der Waals surface area contributed by atoms with Crippen LogP contribution in [-0.2, 0) is 32.3 Å². The smallest absolute Gasteiger partial charge is 0.416 e. The number of nitrogens with one attached hydrogen (secondary N) is 1. The number of carbonyl (C=O) groups excluding carboxylic acids is 2. The van der Waals surface area contributed by atoms with Crippen LogP contribution in [0.15, 0.2) is 48.5 Å². The fourth-order valence-electron chi connectivity index (χ4n) is 4.11. The van der Waals surface area contributed by atoms with E-state index in [0.29, 0.717) is 18.7 Å². The minimum absolute atomic E-state index is 0.0330. The average Bonchev–Trinajstić information content (AvgIpc) is 2.88. The molecule has 0 unspecified atom stereocenters. The van der Waals surface area contributed by atoms with Gasteiger partial charge in [-0.3, -0.25) is 13.9 Å². The van der Waals surface area contributed by atoms with E-state index in [-0.39, 0.29) is 49.4 Å². The van der Waals surface area contributed by atoms with Gasteiger partial charge in [-0.2, -0.15) is 13.2 Å². The number of hydrogen-bond donors (Lipinski definition) is 1. The molecule has 0 saturated heterocycles. The van der Waals surface area contributed by atoms with Gasteiger partial charge < -0.3 is 15.0 Å². The molecule has 2 rings (SSSR count). The number of amides is 2. The van der Waals surface area contributed by atoms with Crippen LogP contribution in [0.2, 0.25) is 0 Å². The monoisotopic (exact) mass is 585 g/mol. The van der Waals surface area contributed by atoms with Gasteiger partial charge in [-0.05, 0) is 54.7 Å². The Labute approximate surface area is 234 Å². The highest BCUT2D eigenvalue weighted by Crippen LogP contribution is 2.32. The molecule has 0 aliphatic heterocycles. The molecular weight excluding hydrogens is 547 g/mol. The second-order valence-corrected chi connectivity index (χ2v) is 11.8. The lowest BCUT2D eigenvalue weighted by Gasteiger charge is -2.31. The lowest BCUT2D eigenvalue weighted by atomic mass is 10.1. The average molecular weight is 586 g/mol. The zero-order chi connectivity index (χ0) is 30.1. The van der Waals surface area contributed by atoms with Gasteiger partial charge in [0.2, 0.25) is 21.8 Å². The molecule has 8 nitrogen and oxygen atoms in total. The largest absolute Gasteiger partial charge is 0.497 e. The van der Waals surface area contributed by atoms with Gasteiger partial charge >= 0.3 is 6.18 Å². The molecule has 0 saturated carbocycles. The van der Waals surface area contributed by atoms with Crippen molar-refractivity contribution in [3.8, 4) is 5.75 Å². The lowest BCUT2D eigenvalue weighted by Crippen LogP contribution is -2.49. The van der Waals surface area contributed by atoms with Gasteiger partial charge in [-0.1, -0.05) is 39.0 Å². The second-order valence-electron chi connectivity index (χ2n) is 9.92. The molecule has 222 valence electrons. The van der Waals surface area contributed by atoms with E-state index in [0.717, 1.165) is 34.3 Å². The van der Waals surface area contributed by atoms with Crippen LogP contribution in [0.1, 0.15) is 51.2 Å². The third-order valence-electron chi connectivity index (χ3n) is 6.20. The Morgan fingerprint density at radius 3 is 2.25 bits per heavy atom. The summed E-state index contributed by atoms with van der Waals surface area (Å²) < 4.78 is 70.6. The highest BCUT2D eigenvalue weighted by Gasteiger charge is 2.32. The first-order valence-electron chi connectivity index (χ1n) is 13.0. The molecule has 2 aromatic carbocycles. The number of alkyl halides is 3. The maximum Gasteiger partial charge on any atom is 0.416 e. The highest BCUT2D eigenvalue weighted by atomic mass is 32.2. The summed E-state index contributed by atoms with van der Waals surface area (Å²) in [5, 5.41) is 2.87. The standard InChI is InChI=1S/C28H38F3N3O5S/c1-6-25(27(36)32-18-20(2)3)33(19-21-12-14-24(39-4)15-13-21)26(35)11-8-16-34(40(5,37)38)23-10-7-9-22(17-23)28(29,30)31/h7,9-10,12-15,17,20,25H,6,8,11,16,18-19H2,1-5H3,(H,32,36)/t25-/m1/s1. The first-order chi connectivity index (χ1) is 18.7. The normalized spacial score (nSPS) is 12.6. The summed E-state index contributed by atoms with van der Waals surface area (Å²) in [6.07, 6.45) is -3.47. The zero-order valence-corrected chi connectivity index (χ0v) is 24.3. The van der Waals surface area contributed by atoms with E-state index in [1.807, 2.05) is 13.8 Å². The van der Waals surface area contributed by atoms with E-state index >= 15 is 0 Å². The predicted octanol–water partition coefficient (Wildman–Crippen LogP) is 4.84. The van der Waals surface area contributed by atoms with E-state index in [2.05, 4.69) is 5.32 Å². The number of nitrogens with zero attached hydrogens (tertiary/aromatic N) is 2. The highest BCUT2D eigenvalue weighted by molar-refractivity contribution is 7.92. The number of rotatable bonds is 14. The third kappa shape index (κ3) is 9.72. The fraction of sp³-hybridized carbons (Fsp3) is 0.500. The number of ether oxygens (including phenoxy) is 1. The Kier molecular flexibility index (Phi) is 11.8. The van der Waals surface area contributed by atoms with Crippen molar-refractivity contribution in [3.63, 3.8) is 0 Å². The van der Waals surface area contributed by atoms with Gasteiger partial charge in [0.25, 0.3) is 0 Å². The van der Waals surface area contributed by atoms with Crippen molar-refractivity contribution in [2.45, 2.75) is 58.8 Å². The quantitative estimate of drug-likeness (QED) is 0.342. The SMILES string of the molecule is CC[C@H](C(=O)NCC(C)C)N(Cc1ccc(OC)cc1)C(=O)CCCN(c1cccc(C(F)(F)F)c1)S(C)(=O)=O. The van der Waals surface area contributed by atoms with Gasteiger partial charge in [0, 0.05) is 26.1 Å². The Morgan fingerprint density at radius 2 is 1.73 bits per heavy atom. The molecule has 40 heavy (non-hydrogen) atoms. The maximum absolute atomic E-state index is 13.5. The summed E-state index contributed by atoms with van der Waals surface area (Å²) in [5.74, 6) is 0.184. The Balaban J connectivity index is 2.26. The molecule has 1 N–H and O–H groups in total. The number of hydrogen-bond acceptors (Lipinski definition) is 5. The van der Waals surface area contributed by atoms with E-state index in [9.17, 15) is 31.2 Å². The van der Waals surface area contributed by atoms with E-state index in [4.69, 9.17) is 4.74 Å². The van der Waals surface area contributed by atoms with Crippen molar-refractivity contribution < 1.29 is 35.9 Å². The first kappa shape index (κ1) is 32.9. The van der Waals surface area contributed by atoms with Crippen LogP contribution in [-0.4, -0.2) is 57.6 Å². The molecule has 0 heterocycles. The number of anilines is 1. The van der Waals surface area contributed by atoms with Gasteiger partial charge in [0.15, 0.2) is 0 Å². The van der Waals surface area contributed by atoms with Crippen LogP contribution in [0.4, 0.5) is 18.9 Å². The molecule has 2 amide bonds. The molecule has 0 spiro atoms. The predicted molar refractivity (Wildman–Crippen MR) is 148 cm³/mol. The van der Waals surface area contributed by atoms with Crippen LogP contribution in [0.3, 0.4) is 0 Å². The Bertz CT molecular complexity index is 1230. The molecule has 0 aliphatic rings. The molecule has 12 heteroatoms. The number of sulfonamides is 1. The summed E-state index contributed by atoms with van der Waals surface area (Å²) in [7, 11) is -2.40. The lowest BCUT2D eigenvalue weighted by molar-refractivity contribution is -0.141. The summed E-state index contributed by atoms with van der Waals surface area (Å²) >= 11 is 0.